The first-order valence-electron chi connectivity index (χ1n) is 6.63. The van der Waals surface area contributed by atoms with E-state index in [1.165, 1.54) is 0 Å². The summed E-state index contributed by atoms with van der Waals surface area (Å²) in [5.41, 5.74) is 9.02. The van der Waals surface area contributed by atoms with Crippen molar-refractivity contribution in [2.24, 2.45) is 5.73 Å². The monoisotopic (exact) mass is 337 g/mol. The third kappa shape index (κ3) is 5.98. The van der Waals surface area contributed by atoms with Gasteiger partial charge in [0.15, 0.2) is 0 Å². The molecule has 0 unspecified atom stereocenters. The summed E-state index contributed by atoms with van der Waals surface area (Å²) in [5.74, 6) is -2.76. The summed E-state index contributed by atoms with van der Waals surface area (Å²) in [4.78, 5) is 8.90. The van der Waals surface area contributed by atoms with Gasteiger partial charge in [-0.3, -0.25) is 0 Å². The van der Waals surface area contributed by atoms with E-state index in [1.807, 2.05) is 42.5 Å². The van der Waals surface area contributed by atoms with E-state index in [0.717, 1.165) is 16.9 Å². The lowest BCUT2D eigenvalue weighted by Crippen LogP contribution is -2.21. The van der Waals surface area contributed by atoms with Crippen molar-refractivity contribution in [2.45, 2.75) is 12.7 Å². The van der Waals surface area contributed by atoms with Gasteiger partial charge in [-0.15, -0.1) is 0 Å². The van der Waals surface area contributed by atoms with Crippen molar-refractivity contribution in [3.63, 3.8) is 0 Å². The fourth-order valence-corrected chi connectivity index (χ4v) is 1.57. The third-order valence-corrected chi connectivity index (χ3v) is 2.76. The summed E-state index contributed by atoms with van der Waals surface area (Å²) < 4.78 is 31.7. The Labute approximate surface area is 136 Å². The number of hydrogen-bond acceptors (Lipinski definition) is 4. The number of nitrogens with one attached hydrogen (secondary N) is 1. The molecule has 0 aromatic heterocycles. The van der Waals surface area contributed by atoms with E-state index < -0.39 is 12.1 Å². The maximum atomic E-state index is 10.6. The Balaban J connectivity index is 0.000000351. The summed E-state index contributed by atoms with van der Waals surface area (Å²) >= 11 is 0. The zero-order chi connectivity index (χ0) is 18.2. The van der Waals surface area contributed by atoms with Gasteiger partial charge in [0, 0.05) is 12.2 Å². The minimum atomic E-state index is -5.08. The molecule has 0 aliphatic carbocycles. The minimum Gasteiger partial charge on any atom is -0.475 e. The number of nitrogens with two attached hydrogens (primary N) is 1. The minimum absolute atomic E-state index is 0.537. The lowest BCUT2D eigenvalue weighted by atomic mass is 10.1. The second-order valence-electron chi connectivity index (χ2n) is 4.49. The van der Waals surface area contributed by atoms with Gasteiger partial charge in [-0.05, 0) is 29.8 Å². The number of halogens is 3. The number of rotatable bonds is 3. The Hall–Kier alpha value is -3.05. The highest BCUT2D eigenvalue weighted by Crippen LogP contribution is 2.20. The molecule has 0 aliphatic rings. The molecule has 0 fully saturated rings. The molecule has 2 aromatic rings. The second kappa shape index (κ2) is 8.55. The van der Waals surface area contributed by atoms with Crippen LogP contribution >= 0.6 is 0 Å². The van der Waals surface area contributed by atoms with Gasteiger partial charge in [0.1, 0.15) is 6.07 Å². The molecule has 8 heteroatoms. The maximum absolute atomic E-state index is 10.6. The van der Waals surface area contributed by atoms with Crippen molar-refractivity contribution in [2.75, 3.05) is 5.32 Å². The fourth-order valence-electron chi connectivity index (χ4n) is 1.57. The molecule has 2 aromatic carbocycles. The van der Waals surface area contributed by atoms with Gasteiger partial charge >= 0.3 is 12.1 Å². The number of para-hydroxylation sites is 1. The van der Waals surface area contributed by atoms with Crippen molar-refractivity contribution in [1.29, 1.82) is 5.26 Å². The lowest BCUT2D eigenvalue weighted by Gasteiger charge is -2.08. The number of carbonyl (C=O) groups is 1. The average molecular weight is 337 g/mol. The van der Waals surface area contributed by atoms with Gasteiger partial charge in [-0.25, -0.2) is 4.79 Å². The Morgan fingerprint density at radius 3 is 2.17 bits per heavy atom. The largest absolute Gasteiger partial charge is 0.490 e. The van der Waals surface area contributed by atoms with E-state index in [-0.39, 0.29) is 0 Å². The van der Waals surface area contributed by atoms with Crippen molar-refractivity contribution in [3.8, 4) is 6.07 Å². The van der Waals surface area contributed by atoms with Gasteiger partial charge in [-0.2, -0.15) is 18.4 Å². The van der Waals surface area contributed by atoms with Crippen LogP contribution < -0.4 is 11.1 Å². The molecule has 0 atom stereocenters. The predicted octanol–water partition coefficient (Wildman–Crippen LogP) is 3.39. The van der Waals surface area contributed by atoms with E-state index in [9.17, 15) is 13.2 Å². The van der Waals surface area contributed by atoms with Crippen LogP contribution in [0.2, 0.25) is 0 Å². The second-order valence-corrected chi connectivity index (χ2v) is 4.49. The topological polar surface area (TPSA) is 99.1 Å². The van der Waals surface area contributed by atoms with Crippen molar-refractivity contribution in [1.82, 2.24) is 0 Å². The number of anilines is 2. The normalized spacial score (nSPS) is 10.1. The van der Waals surface area contributed by atoms with Crippen molar-refractivity contribution < 1.29 is 23.1 Å². The molecule has 2 rings (SSSR count). The van der Waals surface area contributed by atoms with Crippen LogP contribution in [0, 0.1) is 11.3 Å². The fraction of sp³-hybridized carbons (Fsp3) is 0.125. The first-order chi connectivity index (χ1) is 11.3. The molecule has 0 bridgehead atoms. The van der Waals surface area contributed by atoms with E-state index in [1.54, 1.807) is 6.07 Å². The molecule has 0 radical (unpaired) electrons. The molecule has 24 heavy (non-hydrogen) atoms. The van der Waals surface area contributed by atoms with Crippen molar-refractivity contribution in [3.05, 3.63) is 59.7 Å². The van der Waals surface area contributed by atoms with Crippen LogP contribution in [-0.4, -0.2) is 17.3 Å². The van der Waals surface area contributed by atoms with Crippen LogP contribution in [-0.2, 0) is 11.3 Å². The summed E-state index contributed by atoms with van der Waals surface area (Å²) in [6.45, 7) is 0.537. The molecule has 0 aliphatic heterocycles. The Bertz CT molecular complexity index is 723. The molecule has 0 saturated carbocycles. The number of nitrogens with zero attached hydrogens (tertiary/aromatic N) is 1. The summed E-state index contributed by atoms with van der Waals surface area (Å²) in [6, 6.07) is 17.4. The molecule has 0 saturated heterocycles. The van der Waals surface area contributed by atoms with Gasteiger partial charge in [0.2, 0.25) is 0 Å². The van der Waals surface area contributed by atoms with E-state index in [4.69, 9.17) is 20.9 Å². The zero-order valence-electron chi connectivity index (χ0n) is 12.3. The van der Waals surface area contributed by atoms with Crippen LogP contribution in [0.1, 0.15) is 11.1 Å². The third-order valence-electron chi connectivity index (χ3n) is 2.76. The van der Waals surface area contributed by atoms with Gasteiger partial charge < -0.3 is 16.2 Å². The molecular weight excluding hydrogens is 323 g/mol. The number of benzene rings is 2. The maximum Gasteiger partial charge on any atom is 0.490 e. The van der Waals surface area contributed by atoms with Crippen LogP contribution in [0.15, 0.2) is 48.5 Å². The Morgan fingerprint density at radius 2 is 1.71 bits per heavy atom. The van der Waals surface area contributed by atoms with Crippen molar-refractivity contribution >= 4 is 17.3 Å². The Kier molecular flexibility index (Phi) is 6.77. The van der Waals surface area contributed by atoms with Crippen LogP contribution in [0.25, 0.3) is 0 Å². The van der Waals surface area contributed by atoms with E-state index in [2.05, 4.69) is 11.4 Å². The predicted molar refractivity (Wildman–Crippen MR) is 82.5 cm³/mol. The van der Waals surface area contributed by atoms with Gasteiger partial charge in [0.25, 0.3) is 0 Å². The SMILES string of the molecule is N#Cc1ccccc1Nc1ccc(CN)cc1.O=C(O)C(F)(F)F. The molecule has 0 heterocycles. The number of aliphatic carboxylic acids is 1. The van der Waals surface area contributed by atoms with E-state index >= 15 is 0 Å². The molecule has 126 valence electrons. The number of hydrogen-bond donors (Lipinski definition) is 3. The Morgan fingerprint density at radius 1 is 1.17 bits per heavy atom. The molecule has 0 amide bonds. The first-order valence-corrected chi connectivity index (χ1v) is 6.63. The molecule has 4 N–H and O–H groups in total. The van der Waals surface area contributed by atoms with Crippen LogP contribution in [0.5, 0.6) is 0 Å². The van der Waals surface area contributed by atoms with Gasteiger partial charge in [-0.1, -0.05) is 24.3 Å². The van der Waals surface area contributed by atoms with Gasteiger partial charge in [0.05, 0.1) is 11.3 Å². The quantitative estimate of drug-likeness (QED) is 0.797. The highest BCUT2D eigenvalue weighted by Gasteiger charge is 2.38. The van der Waals surface area contributed by atoms with Crippen LogP contribution in [0.3, 0.4) is 0 Å². The van der Waals surface area contributed by atoms with Crippen LogP contribution in [0.4, 0.5) is 24.5 Å². The standard InChI is InChI=1S/C14H13N3.C2HF3O2/c15-9-11-5-7-13(8-6-11)17-14-4-2-1-3-12(14)10-16;3-2(4,5)1(6)7/h1-8,17H,9,15H2;(H,6,7). The molecule has 0 spiro atoms. The smallest absolute Gasteiger partial charge is 0.475 e. The molecule has 5 nitrogen and oxygen atoms in total. The zero-order valence-corrected chi connectivity index (χ0v) is 12.3. The number of nitriles is 1. The summed E-state index contributed by atoms with van der Waals surface area (Å²) in [6.07, 6.45) is -5.08. The summed E-state index contributed by atoms with van der Waals surface area (Å²) in [5, 5.41) is 19.3. The highest BCUT2D eigenvalue weighted by molar-refractivity contribution is 5.73. The number of carboxylic acid groups (broad SMARTS) is 1. The highest BCUT2D eigenvalue weighted by atomic mass is 19.4. The number of alkyl halides is 3. The van der Waals surface area contributed by atoms with E-state index in [0.29, 0.717) is 12.1 Å². The number of carboxylic acids is 1. The molecular formula is C16H14F3N3O2. The lowest BCUT2D eigenvalue weighted by molar-refractivity contribution is -0.192. The first kappa shape index (κ1) is 19.0. The summed E-state index contributed by atoms with van der Waals surface area (Å²) in [7, 11) is 0. The average Bonchev–Trinajstić information content (AvgIpc) is 2.56.